The number of ether oxygens (including phenoxy) is 1. The molecule has 134 valence electrons. The summed E-state index contributed by atoms with van der Waals surface area (Å²) >= 11 is 0. The maximum atomic E-state index is 12.1. The number of benzene rings is 2. The van der Waals surface area contributed by atoms with E-state index >= 15 is 0 Å². The molecule has 6 nitrogen and oxygen atoms in total. The van der Waals surface area contributed by atoms with E-state index in [4.69, 9.17) is 9.26 Å². The second-order valence-corrected chi connectivity index (χ2v) is 5.85. The van der Waals surface area contributed by atoms with Crippen molar-refractivity contribution in [3.05, 3.63) is 48.5 Å². The number of amides is 1. The van der Waals surface area contributed by atoms with Gasteiger partial charge in [0.1, 0.15) is 5.75 Å². The van der Waals surface area contributed by atoms with Gasteiger partial charge in [0.25, 0.3) is 5.89 Å². The van der Waals surface area contributed by atoms with Crippen LogP contribution in [0.5, 0.6) is 5.75 Å². The van der Waals surface area contributed by atoms with Crippen molar-refractivity contribution in [3.63, 3.8) is 0 Å². The highest BCUT2D eigenvalue weighted by molar-refractivity contribution is 5.94. The Kier molecular flexibility index (Phi) is 5.63. The molecule has 1 aromatic heterocycles. The number of carbonyl (C=O) groups is 1. The molecule has 0 saturated heterocycles. The van der Waals surface area contributed by atoms with Crippen molar-refractivity contribution in [2.45, 2.75) is 26.2 Å². The molecule has 3 rings (SSSR count). The van der Waals surface area contributed by atoms with Gasteiger partial charge in [0.2, 0.25) is 11.7 Å². The van der Waals surface area contributed by atoms with Crippen LogP contribution in [-0.2, 0) is 4.79 Å². The van der Waals surface area contributed by atoms with Gasteiger partial charge in [-0.2, -0.15) is 4.98 Å². The summed E-state index contributed by atoms with van der Waals surface area (Å²) in [4.78, 5) is 16.5. The van der Waals surface area contributed by atoms with Crippen molar-refractivity contribution in [1.82, 2.24) is 10.1 Å². The monoisotopic (exact) mass is 351 g/mol. The highest BCUT2D eigenvalue weighted by Crippen LogP contribution is 2.29. The number of hydrogen-bond donors (Lipinski definition) is 1. The molecule has 0 aliphatic carbocycles. The Morgan fingerprint density at radius 1 is 1.15 bits per heavy atom. The highest BCUT2D eigenvalue weighted by Gasteiger charge is 2.15. The smallest absolute Gasteiger partial charge is 0.260 e. The number of anilines is 1. The van der Waals surface area contributed by atoms with Gasteiger partial charge in [-0.15, -0.1) is 0 Å². The quantitative estimate of drug-likeness (QED) is 0.676. The van der Waals surface area contributed by atoms with Crippen LogP contribution in [0.2, 0.25) is 0 Å². The first-order valence-corrected chi connectivity index (χ1v) is 8.58. The van der Waals surface area contributed by atoms with Crippen LogP contribution in [0.1, 0.15) is 26.2 Å². The zero-order chi connectivity index (χ0) is 18.4. The molecular formula is C20H21N3O3. The van der Waals surface area contributed by atoms with E-state index in [0.29, 0.717) is 29.4 Å². The van der Waals surface area contributed by atoms with Gasteiger partial charge in [0.05, 0.1) is 18.4 Å². The summed E-state index contributed by atoms with van der Waals surface area (Å²) in [6.07, 6.45) is 2.33. The molecule has 0 bridgehead atoms. The molecule has 26 heavy (non-hydrogen) atoms. The molecule has 0 fully saturated rings. The Morgan fingerprint density at radius 3 is 2.65 bits per heavy atom. The topological polar surface area (TPSA) is 77.2 Å². The van der Waals surface area contributed by atoms with Gasteiger partial charge in [0.15, 0.2) is 0 Å². The van der Waals surface area contributed by atoms with E-state index < -0.39 is 0 Å². The van der Waals surface area contributed by atoms with Crippen LogP contribution in [0.25, 0.3) is 22.8 Å². The molecule has 1 heterocycles. The van der Waals surface area contributed by atoms with Crippen LogP contribution in [0.4, 0.5) is 5.69 Å². The zero-order valence-corrected chi connectivity index (χ0v) is 14.9. The van der Waals surface area contributed by atoms with Crippen LogP contribution >= 0.6 is 0 Å². The molecule has 6 heteroatoms. The average molecular weight is 351 g/mol. The van der Waals surface area contributed by atoms with Gasteiger partial charge >= 0.3 is 0 Å². The van der Waals surface area contributed by atoms with Gasteiger partial charge in [0, 0.05) is 12.0 Å². The minimum absolute atomic E-state index is 0.0193. The van der Waals surface area contributed by atoms with Crippen LogP contribution in [0.3, 0.4) is 0 Å². The molecule has 0 unspecified atom stereocenters. The van der Waals surface area contributed by atoms with E-state index in [0.717, 1.165) is 24.2 Å². The highest BCUT2D eigenvalue weighted by atomic mass is 16.5. The SMILES string of the molecule is CCCCC(=O)Nc1ccccc1-c1nc(-c2ccc(OC)cc2)no1. The molecule has 0 atom stereocenters. The summed E-state index contributed by atoms with van der Waals surface area (Å²) in [6.45, 7) is 2.06. The molecular weight excluding hydrogens is 330 g/mol. The lowest BCUT2D eigenvalue weighted by Gasteiger charge is -2.08. The van der Waals surface area contributed by atoms with Gasteiger partial charge < -0.3 is 14.6 Å². The summed E-state index contributed by atoms with van der Waals surface area (Å²) in [7, 11) is 1.62. The standard InChI is InChI=1S/C20H21N3O3/c1-3-4-9-18(24)21-17-8-6-5-7-16(17)20-22-19(23-26-20)14-10-12-15(25-2)13-11-14/h5-8,10-13H,3-4,9H2,1-2H3,(H,21,24). The van der Waals surface area contributed by atoms with E-state index in [1.807, 2.05) is 48.5 Å². The first kappa shape index (κ1) is 17.7. The Labute approximate surface area is 152 Å². The van der Waals surface area contributed by atoms with Gasteiger partial charge in [-0.1, -0.05) is 30.6 Å². The largest absolute Gasteiger partial charge is 0.497 e. The van der Waals surface area contributed by atoms with Crippen molar-refractivity contribution in [2.75, 3.05) is 12.4 Å². The Hall–Kier alpha value is -3.15. The predicted octanol–water partition coefficient (Wildman–Crippen LogP) is 4.54. The summed E-state index contributed by atoms with van der Waals surface area (Å²) < 4.78 is 10.6. The lowest BCUT2D eigenvalue weighted by Crippen LogP contribution is -2.11. The molecule has 3 aromatic rings. The summed E-state index contributed by atoms with van der Waals surface area (Å²) in [6, 6.07) is 14.8. The van der Waals surface area contributed by atoms with Crippen molar-refractivity contribution < 1.29 is 14.1 Å². The van der Waals surface area contributed by atoms with Crippen LogP contribution < -0.4 is 10.1 Å². The van der Waals surface area contributed by atoms with Gasteiger partial charge in [-0.3, -0.25) is 4.79 Å². The Balaban J connectivity index is 1.83. The maximum Gasteiger partial charge on any atom is 0.260 e. The van der Waals surface area contributed by atoms with E-state index in [-0.39, 0.29) is 5.91 Å². The van der Waals surface area contributed by atoms with Crippen LogP contribution in [0.15, 0.2) is 53.1 Å². The fourth-order valence-corrected chi connectivity index (χ4v) is 2.52. The van der Waals surface area contributed by atoms with E-state index in [1.165, 1.54) is 0 Å². The van der Waals surface area contributed by atoms with Crippen LogP contribution in [-0.4, -0.2) is 23.2 Å². The molecule has 0 saturated carbocycles. The van der Waals surface area contributed by atoms with Crippen molar-refractivity contribution >= 4 is 11.6 Å². The molecule has 0 aliphatic rings. The van der Waals surface area contributed by atoms with Crippen molar-refractivity contribution in [1.29, 1.82) is 0 Å². The number of nitrogens with zero attached hydrogens (tertiary/aromatic N) is 2. The zero-order valence-electron chi connectivity index (χ0n) is 14.9. The average Bonchev–Trinajstić information content (AvgIpc) is 3.17. The molecule has 1 N–H and O–H groups in total. The minimum atomic E-state index is -0.0193. The Morgan fingerprint density at radius 2 is 1.92 bits per heavy atom. The fourth-order valence-electron chi connectivity index (χ4n) is 2.52. The molecule has 1 amide bonds. The van der Waals surface area contributed by atoms with E-state index in [9.17, 15) is 4.79 Å². The third-order valence-electron chi connectivity index (χ3n) is 3.96. The van der Waals surface area contributed by atoms with Gasteiger partial charge in [-0.05, 0) is 42.8 Å². The Bertz CT molecular complexity index is 872. The number of unbranched alkanes of at least 4 members (excludes halogenated alkanes) is 1. The fraction of sp³-hybridized carbons (Fsp3) is 0.250. The number of rotatable bonds is 7. The number of carbonyl (C=O) groups excluding carboxylic acids is 1. The molecule has 0 spiro atoms. The number of aromatic nitrogens is 2. The predicted molar refractivity (Wildman–Crippen MR) is 99.9 cm³/mol. The maximum absolute atomic E-state index is 12.1. The molecule has 2 aromatic carbocycles. The number of nitrogens with one attached hydrogen (secondary N) is 1. The van der Waals surface area contributed by atoms with Crippen molar-refractivity contribution in [3.8, 4) is 28.6 Å². The minimum Gasteiger partial charge on any atom is -0.497 e. The summed E-state index contributed by atoms with van der Waals surface area (Å²) in [5.41, 5.74) is 2.19. The second-order valence-electron chi connectivity index (χ2n) is 5.85. The molecule has 0 radical (unpaired) electrons. The summed E-state index contributed by atoms with van der Waals surface area (Å²) in [5.74, 6) is 1.59. The van der Waals surface area contributed by atoms with E-state index in [1.54, 1.807) is 7.11 Å². The van der Waals surface area contributed by atoms with E-state index in [2.05, 4.69) is 22.4 Å². The molecule has 0 aliphatic heterocycles. The third kappa shape index (κ3) is 4.08. The lowest BCUT2D eigenvalue weighted by atomic mass is 10.1. The summed E-state index contributed by atoms with van der Waals surface area (Å²) in [5, 5.41) is 6.97. The third-order valence-corrected chi connectivity index (χ3v) is 3.96. The normalized spacial score (nSPS) is 10.5. The number of para-hydroxylation sites is 1. The lowest BCUT2D eigenvalue weighted by molar-refractivity contribution is -0.116. The van der Waals surface area contributed by atoms with Crippen LogP contribution in [0, 0.1) is 0 Å². The van der Waals surface area contributed by atoms with Crippen molar-refractivity contribution in [2.24, 2.45) is 0 Å². The number of hydrogen-bond acceptors (Lipinski definition) is 5. The first-order chi connectivity index (χ1) is 12.7. The first-order valence-electron chi connectivity index (χ1n) is 8.58. The van der Waals surface area contributed by atoms with Gasteiger partial charge in [-0.25, -0.2) is 0 Å². The second kappa shape index (κ2) is 8.29. The number of methoxy groups -OCH3 is 1.